The summed E-state index contributed by atoms with van der Waals surface area (Å²) in [5.74, 6) is -1.24. The Morgan fingerprint density at radius 3 is 1.86 bits per heavy atom. The Bertz CT molecular complexity index is 3160. The highest BCUT2D eigenvalue weighted by Gasteiger charge is 2.26. The molecular formula is C35H28N4O15S4. The van der Waals surface area contributed by atoms with Gasteiger partial charge >= 0.3 is 16.1 Å². The predicted molar refractivity (Wildman–Crippen MR) is 208 cm³/mol. The summed E-state index contributed by atoms with van der Waals surface area (Å²) in [6, 6.07) is 18.2. The monoisotopic (exact) mass is 872 g/mol. The number of ether oxygens (including phenoxy) is 1. The molecule has 6 N–H and O–H groups in total. The van der Waals surface area contributed by atoms with Crippen molar-refractivity contribution in [3.05, 3.63) is 103 Å². The number of carbonyl (C=O) groups is 1. The minimum atomic E-state index is -5.20. The summed E-state index contributed by atoms with van der Waals surface area (Å²) in [5.41, 5.74) is 0.422. The number of aromatic hydroxyl groups is 1. The summed E-state index contributed by atoms with van der Waals surface area (Å²) in [4.78, 5) is 10.3. The molecule has 0 atom stereocenters. The number of benzene rings is 6. The van der Waals surface area contributed by atoms with Crippen molar-refractivity contribution in [2.24, 2.45) is 10.2 Å². The van der Waals surface area contributed by atoms with E-state index in [9.17, 15) is 57.2 Å². The third-order valence-corrected chi connectivity index (χ3v) is 12.1. The van der Waals surface area contributed by atoms with Gasteiger partial charge < -0.3 is 24.7 Å². The number of hydrogen-bond donors (Lipinski definition) is 6. The molecule has 0 aliphatic rings. The van der Waals surface area contributed by atoms with Gasteiger partial charge in [-0.1, -0.05) is 18.2 Å². The number of phenolic OH excluding ortho intramolecular Hbond substituents is 1. The Balaban J connectivity index is 1.35. The van der Waals surface area contributed by atoms with Crippen LogP contribution in [0.2, 0.25) is 0 Å². The van der Waals surface area contributed by atoms with Gasteiger partial charge in [-0.15, -0.1) is 5.11 Å². The molecule has 0 aliphatic carbocycles. The molecule has 0 spiro atoms. The van der Waals surface area contributed by atoms with Crippen molar-refractivity contribution in [1.82, 2.24) is 0 Å². The zero-order valence-corrected chi connectivity index (χ0v) is 32.8. The molecule has 6 aromatic carbocycles. The second-order valence-corrected chi connectivity index (χ2v) is 18.0. The molecule has 0 saturated heterocycles. The Hall–Kier alpha value is -6.21. The van der Waals surface area contributed by atoms with Crippen molar-refractivity contribution in [2.45, 2.75) is 26.5 Å². The number of nitrogens with one attached hydrogen (secondary N) is 2. The molecule has 0 aliphatic heterocycles. The quantitative estimate of drug-likeness (QED) is 0.0455. The van der Waals surface area contributed by atoms with Gasteiger partial charge in [-0.2, -0.15) is 38.8 Å². The van der Waals surface area contributed by atoms with E-state index in [0.717, 1.165) is 36.4 Å². The highest BCUT2D eigenvalue weighted by Crippen LogP contribution is 2.40. The van der Waals surface area contributed by atoms with E-state index < -0.39 is 72.7 Å². The van der Waals surface area contributed by atoms with Crippen LogP contribution in [0.15, 0.2) is 127 Å². The third kappa shape index (κ3) is 8.99. The number of rotatable bonds is 11. The fourth-order valence-corrected chi connectivity index (χ4v) is 8.29. The molecule has 0 radical (unpaired) electrons. The standard InChI is InChI=1S/C35H28N4O15S4/c1-19-10-30(37-35(41)36-22-8-9-26-20(11-22)12-25(16-31(26)40)56(45,46)47)32(53-2)18-28(19)38-39-29-15-24(55(42,43)44)13-21-14-34(57(48,49)50)33(17-27(21)29)54-58(51,52)23-6-4-3-5-7-23/h3-18,40H,1-2H3,(H2,36,37,41)(H,42,43,44)(H,45,46,47)(H,48,49,50). The van der Waals surface area contributed by atoms with Gasteiger partial charge in [-0.3, -0.25) is 13.7 Å². The van der Waals surface area contributed by atoms with Crippen LogP contribution in [0.3, 0.4) is 0 Å². The average Bonchev–Trinajstić information content (AvgIpc) is 3.13. The number of phenols is 1. The first-order valence-electron chi connectivity index (χ1n) is 16.0. The number of fused-ring (bicyclic) bond motifs is 2. The summed E-state index contributed by atoms with van der Waals surface area (Å²) >= 11 is 0. The first kappa shape index (κ1) is 41.4. The lowest BCUT2D eigenvalue weighted by Crippen LogP contribution is -2.19. The number of aryl methyl sites for hydroxylation is 1. The van der Waals surface area contributed by atoms with Crippen molar-refractivity contribution < 1.29 is 66.2 Å². The van der Waals surface area contributed by atoms with Crippen LogP contribution in [0.25, 0.3) is 21.5 Å². The second-order valence-electron chi connectivity index (χ2n) is 12.2. The third-order valence-electron chi connectivity index (χ3n) is 8.27. The average molecular weight is 873 g/mol. The lowest BCUT2D eigenvalue weighted by Gasteiger charge is -2.14. The first-order valence-corrected chi connectivity index (χ1v) is 21.8. The highest BCUT2D eigenvalue weighted by atomic mass is 32.2. The minimum absolute atomic E-state index is 0.0482. The van der Waals surface area contributed by atoms with Crippen molar-refractivity contribution in [1.29, 1.82) is 0 Å². The minimum Gasteiger partial charge on any atom is -0.507 e. The van der Waals surface area contributed by atoms with Crippen LogP contribution in [0, 0.1) is 6.92 Å². The molecule has 19 nitrogen and oxygen atoms in total. The smallest absolute Gasteiger partial charge is 0.339 e. The van der Waals surface area contributed by atoms with E-state index >= 15 is 0 Å². The van der Waals surface area contributed by atoms with E-state index in [2.05, 4.69) is 20.9 Å². The number of urea groups is 1. The van der Waals surface area contributed by atoms with E-state index in [1.54, 1.807) is 6.92 Å². The molecule has 2 amide bonds. The van der Waals surface area contributed by atoms with E-state index in [0.29, 0.717) is 5.56 Å². The zero-order chi connectivity index (χ0) is 42.4. The van der Waals surface area contributed by atoms with Gasteiger partial charge in [0.2, 0.25) is 0 Å². The summed E-state index contributed by atoms with van der Waals surface area (Å²) in [6.45, 7) is 1.56. The maximum absolute atomic E-state index is 13.1. The number of anilines is 2. The van der Waals surface area contributed by atoms with Crippen molar-refractivity contribution in [3.63, 3.8) is 0 Å². The second kappa shape index (κ2) is 15.3. The number of amides is 2. The van der Waals surface area contributed by atoms with Gasteiger partial charge in [0.15, 0.2) is 5.75 Å². The Kier molecular flexibility index (Phi) is 10.9. The normalized spacial score (nSPS) is 12.5. The number of nitrogens with zero attached hydrogens (tertiary/aromatic N) is 2. The highest BCUT2D eigenvalue weighted by molar-refractivity contribution is 7.87. The largest absolute Gasteiger partial charge is 0.507 e. The molecule has 0 heterocycles. The maximum Gasteiger partial charge on any atom is 0.339 e. The summed E-state index contributed by atoms with van der Waals surface area (Å²) < 4.78 is 138. The Morgan fingerprint density at radius 1 is 0.621 bits per heavy atom. The topological polar surface area (TPSA) is 302 Å². The Labute approximate surface area is 330 Å². The molecule has 23 heteroatoms. The Morgan fingerprint density at radius 2 is 1.24 bits per heavy atom. The number of hydrogen-bond acceptors (Lipinski definition) is 14. The molecule has 0 aromatic heterocycles. The fourth-order valence-electron chi connectivity index (χ4n) is 5.57. The summed E-state index contributed by atoms with van der Waals surface area (Å²) in [5, 5.41) is 23.7. The maximum atomic E-state index is 13.1. The van der Waals surface area contributed by atoms with Gasteiger partial charge in [-0.05, 0) is 90.0 Å². The van der Waals surface area contributed by atoms with Gasteiger partial charge in [0, 0.05) is 28.6 Å². The zero-order valence-electron chi connectivity index (χ0n) is 29.5. The van der Waals surface area contributed by atoms with Crippen LogP contribution in [-0.2, 0) is 40.5 Å². The van der Waals surface area contributed by atoms with Gasteiger partial charge in [0.1, 0.15) is 21.3 Å². The first-order chi connectivity index (χ1) is 27.0. The van der Waals surface area contributed by atoms with Crippen LogP contribution < -0.4 is 19.6 Å². The van der Waals surface area contributed by atoms with E-state index in [4.69, 9.17) is 8.92 Å². The van der Waals surface area contributed by atoms with Crippen molar-refractivity contribution >= 4 is 90.8 Å². The van der Waals surface area contributed by atoms with E-state index in [1.165, 1.54) is 67.8 Å². The van der Waals surface area contributed by atoms with Crippen LogP contribution in [0.5, 0.6) is 17.2 Å². The molecule has 0 saturated carbocycles. The molecule has 58 heavy (non-hydrogen) atoms. The summed E-state index contributed by atoms with van der Waals surface area (Å²) in [7, 11) is -18.2. The molecule has 0 fully saturated rings. The molecular weight excluding hydrogens is 845 g/mol. The van der Waals surface area contributed by atoms with Crippen LogP contribution >= 0.6 is 0 Å². The predicted octanol–water partition coefficient (Wildman–Crippen LogP) is 6.58. The van der Waals surface area contributed by atoms with Gasteiger partial charge in [0.25, 0.3) is 30.4 Å². The lowest BCUT2D eigenvalue weighted by molar-refractivity contribution is 0.262. The van der Waals surface area contributed by atoms with Gasteiger partial charge in [0.05, 0.1) is 34.0 Å². The molecule has 0 bridgehead atoms. The van der Waals surface area contributed by atoms with Crippen molar-refractivity contribution in [2.75, 3.05) is 17.7 Å². The van der Waals surface area contributed by atoms with Crippen LogP contribution in [-0.4, -0.2) is 65.6 Å². The molecule has 6 aromatic rings. The number of carbonyl (C=O) groups excluding carboxylic acids is 1. The number of azo groups is 1. The van der Waals surface area contributed by atoms with Crippen LogP contribution in [0.4, 0.5) is 27.5 Å². The SMILES string of the molecule is COc1cc(N=Nc2cc(S(=O)(=O)O)cc3cc(S(=O)(=O)O)c(OS(=O)(=O)c4ccccc4)cc23)c(C)cc1NC(=O)Nc1ccc2c(O)cc(S(=O)(=O)O)cc2c1. The van der Waals surface area contributed by atoms with Crippen molar-refractivity contribution in [3.8, 4) is 17.2 Å². The van der Waals surface area contributed by atoms with Gasteiger partial charge in [-0.25, -0.2) is 4.79 Å². The molecule has 302 valence electrons. The lowest BCUT2D eigenvalue weighted by atomic mass is 10.1. The molecule has 0 unspecified atom stereocenters. The van der Waals surface area contributed by atoms with Crippen LogP contribution in [0.1, 0.15) is 5.56 Å². The summed E-state index contributed by atoms with van der Waals surface area (Å²) in [6.07, 6.45) is 0. The molecule has 6 rings (SSSR count). The fraction of sp³-hybridized carbons (Fsp3) is 0.0571. The number of methoxy groups -OCH3 is 1. The van der Waals surface area contributed by atoms with E-state index in [1.807, 2.05) is 0 Å². The van der Waals surface area contributed by atoms with E-state index in [-0.39, 0.29) is 54.9 Å².